The highest BCUT2D eigenvalue weighted by molar-refractivity contribution is 5.12. The van der Waals surface area contributed by atoms with Crippen LogP contribution in [0.25, 0.3) is 5.82 Å². The lowest BCUT2D eigenvalue weighted by atomic mass is 10.7. The highest BCUT2D eigenvalue weighted by Crippen LogP contribution is 1.95. The Kier molecular flexibility index (Phi) is 1.00. The topological polar surface area (TPSA) is 59.4 Å². The summed E-state index contributed by atoms with van der Waals surface area (Å²) in [5.41, 5.74) is 0. The molecule has 0 radical (unpaired) electrons. The number of nitrogens with zero attached hydrogens (tertiary/aromatic N) is 4. The van der Waals surface area contributed by atoms with E-state index in [9.17, 15) is 0 Å². The van der Waals surface area contributed by atoms with E-state index in [-0.39, 0.29) is 0 Å². The molecule has 0 aliphatic heterocycles. The number of aromatic nitrogens is 5. The number of rotatable bonds is 1. The standard InChI is InChI=1S/C5H5N5/c1-2-7-10(3-1)5-4-6-9-8-5/h1-4H,(H,6,8,9). The van der Waals surface area contributed by atoms with E-state index in [4.69, 9.17) is 0 Å². The van der Waals surface area contributed by atoms with Gasteiger partial charge in [-0.1, -0.05) is 5.21 Å². The molecule has 2 rings (SSSR count). The fourth-order valence-electron chi connectivity index (χ4n) is 0.712. The molecule has 10 heavy (non-hydrogen) atoms. The largest absolute Gasteiger partial charge is 0.263 e. The predicted molar refractivity (Wildman–Crippen MR) is 33.5 cm³/mol. The molecule has 0 bridgehead atoms. The molecule has 0 saturated heterocycles. The lowest BCUT2D eigenvalue weighted by molar-refractivity contribution is 0.828. The summed E-state index contributed by atoms with van der Waals surface area (Å²) in [5.74, 6) is 0.699. The minimum atomic E-state index is 0.699. The number of H-pyrrole nitrogens is 1. The van der Waals surface area contributed by atoms with E-state index < -0.39 is 0 Å². The van der Waals surface area contributed by atoms with Crippen LogP contribution in [0.4, 0.5) is 0 Å². The minimum absolute atomic E-state index is 0.699. The summed E-state index contributed by atoms with van der Waals surface area (Å²) in [7, 11) is 0. The van der Waals surface area contributed by atoms with Crippen LogP contribution in [0.3, 0.4) is 0 Å². The SMILES string of the molecule is c1cnn(-c2c[nH]nn2)c1. The summed E-state index contributed by atoms with van der Waals surface area (Å²) in [4.78, 5) is 0. The van der Waals surface area contributed by atoms with Crippen LogP contribution in [0.5, 0.6) is 0 Å². The van der Waals surface area contributed by atoms with Gasteiger partial charge in [0.25, 0.3) is 0 Å². The summed E-state index contributed by atoms with van der Waals surface area (Å²) in [6.45, 7) is 0. The Morgan fingerprint density at radius 3 is 3.10 bits per heavy atom. The number of hydrogen-bond acceptors (Lipinski definition) is 3. The van der Waals surface area contributed by atoms with Crippen LogP contribution in [0.15, 0.2) is 24.7 Å². The van der Waals surface area contributed by atoms with Gasteiger partial charge in [0, 0.05) is 12.4 Å². The van der Waals surface area contributed by atoms with Crippen molar-refractivity contribution in [2.45, 2.75) is 0 Å². The Morgan fingerprint density at radius 2 is 2.50 bits per heavy atom. The first kappa shape index (κ1) is 5.16. The van der Waals surface area contributed by atoms with Crippen LogP contribution in [-0.4, -0.2) is 25.2 Å². The molecule has 0 aliphatic rings. The first-order chi connectivity index (χ1) is 4.97. The summed E-state index contributed by atoms with van der Waals surface area (Å²) < 4.78 is 1.63. The maximum Gasteiger partial charge on any atom is 0.195 e. The molecule has 2 aromatic rings. The zero-order valence-corrected chi connectivity index (χ0v) is 5.10. The summed E-state index contributed by atoms with van der Waals surface area (Å²) in [6, 6.07) is 1.83. The molecule has 0 spiro atoms. The normalized spacial score (nSPS) is 10.0. The minimum Gasteiger partial charge on any atom is -0.263 e. The number of hydrogen-bond donors (Lipinski definition) is 1. The molecule has 0 aromatic carbocycles. The Bertz CT molecular complexity index is 249. The Balaban J connectivity index is 2.48. The fourth-order valence-corrected chi connectivity index (χ4v) is 0.712. The molecule has 0 amide bonds. The third kappa shape index (κ3) is 0.680. The quantitative estimate of drug-likeness (QED) is 0.598. The molecule has 2 heterocycles. The van der Waals surface area contributed by atoms with Gasteiger partial charge >= 0.3 is 0 Å². The predicted octanol–water partition coefficient (Wildman–Crippen LogP) is -0.00960. The molecule has 50 valence electrons. The average Bonchev–Trinajstić information content (AvgIpc) is 2.59. The van der Waals surface area contributed by atoms with Crippen molar-refractivity contribution in [1.29, 1.82) is 0 Å². The lowest BCUT2D eigenvalue weighted by Crippen LogP contribution is -1.93. The second kappa shape index (κ2) is 1.94. The Morgan fingerprint density at radius 1 is 1.50 bits per heavy atom. The fraction of sp³-hybridized carbons (Fsp3) is 0. The Hall–Kier alpha value is -1.65. The zero-order chi connectivity index (χ0) is 6.81. The van der Waals surface area contributed by atoms with Gasteiger partial charge in [0.2, 0.25) is 0 Å². The molecule has 5 nitrogen and oxygen atoms in total. The van der Waals surface area contributed by atoms with E-state index in [0.717, 1.165) is 0 Å². The number of nitrogens with one attached hydrogen (secondary N) is 1. The van der Waals surface area contributed by atoms with Crippen molar-refractivity contribution >= 4 is 0 Å². The van der Waals surface area contributed by atoms with Crippen molar-refractivity contribution in [2.75, 3.05) is 0 Å². The van der Waals surface area contributed by atoms with Gasteiger partial charge in [0.1, 0.15) is 0 Å². The first-order valence-corrected chi connectivity index (χ1v) is 2.83. The Labute approximate surface area is 56.7 Å². The van der Waals surface area contributed by atoms with E-state index >= 15 is 0 Å². The average molecular weight is 135 g/mol. The van der Waals surface area contributed by atoms with E-state index in [0.29, 0.717) is 5.82 Å². The molecule has 0 atom stereocenters. The van der Waals surface area contributed by atoms with E-state index in [1.165, 1.54) is 0 Å². The summed E-state index contributed by atoms with van der Waals surface area (Å²) >= 11 is 0. The third-order valence-corrected chi connectivity index (χ3v) is 1.14. The van der Waals surface area contributed by atoms with Crippen molar-refractivity contribution < 1.29 is 0 Å². The zero-order valence-electron chi connectivity index (χ0n) is 5.10. The van der Waals surface area contributed by atoms with Gasteiger partial charge in [0.15, 0.2) is 5.82 Å². The van der Waals surface area contributed by atoms with Crippen LogP contribution < -0.4 is 0 Å². The van der Waals surface area contributed by atoms with Gasteiger partial charge in [-0.15, -0.1) is 5.10 Å². The van der Waals surface area contributed by atoms with Gasteiger partial charge < -0.3 is 0 Å². The third-order valence-electron chi connectivity index (χ3n) is 1.14. The van der Waals surface area contributed by atoms with Gasteiger partial charge in [-0.05, 0) is 6.07 Å². The summed E-state index contributed by atoms with van der Waals surface area (Å²) in [5, 5.41) is 13.8. The molecule has 2 aromatic heterocycles. The van der Waals surface area contributed by atoms with Crippen molar-refractivity contribution in [3.8, 4) is 5.82 Å². The van der Waals surface area contributed by atoms with Crippen molar-refractivity contribution in [1.82, 2.24) is 25.2 Å². The maximum atomic E-state index is 3.95. The molecule has 0 fully saturated rings. The van der Waals surface area contributed by atoms with Gasteiger partial charge in [-0.3, -0.25) is 5.10 Å². The van der Waals surface area contributed by atoms with Crippen molar-refractivity contribution in [3.05, 3.63) is 24.7 Å². The molecular weight excluding hydrogens is 130 g/mol. The van der Waals surface area contributed by atoms with Crippen LogP contribution in [0.1, 0.15) is 0 Å². The van der Waals surface area contributed by atoms with E-state index in [2.05, 4.69) is 20.5 Å². The number of aromatic amines is 1. The molecule has 0 unspecified atom stereocenters. The van der Waals surface area contributed by atoms with Crippen LogP contribution in [0, 0.1) is 0 Å². The second-order valence-electron chi connectivity index (χ2n) is 1.78. The van der Waals surface area contributed by atoms with Gasteiger partial charge in [-0.25, -0.2) is 4.68 Å². The van der Waals surface area contributed by atoms with E-state index in [1.54, 1.807) is 23.3 Å². The van der Waals surface area contributed by atoms with Gasteiger partial charge in [-0.2, -0.15) is 5.10 Å². The molecule has 0 aliphatic carbocycles. The maximum absolute atomic E-state index is 3.95. The second-order valence-corrected chi connectivity index (χ2v) is 1.78. The molecular formula is C5H5N5. The van der Waals surface area contributed by atoms with Crippen LogP contribution >= 0.6 is 0 Å². The molecule has 0 saturated carbocycles. The van der Waals surface area contributed by atoms with Crippen molar-refractivity contribution in [3.63, 3.8) is 0 Å². The van der Waals surface area contributed by atoms with Crippen LogP contribution in [-0.2, 0) is 0 Å². The highest BCUT2D eigenvalue weighted by Gasteiger charge is 1.95. The van der Waals surface area contributed by atoms with Gasteiger partial charge in [0.05, 0.1) is 6.20 Å². The van der Waals surface area contributed by atoms with Crippen molar-refractivity contribution in [2.24, 2.45) is 0 Å². The lowest BCUT2D eigenvalue weighted by Gasteiger charge is -1.88. The highest BCUT2D eigenvalue weighted by atomic mass is 15.4. The summed E-state index contributed by atoms with van der Waals surface area (Å²) in [6.07, 6.45) is 5.17. The molecule has 5 heteroatoms. The molecule has 1 N–H and O–H groups in total. The monoisotopic (exact) mass is 135 g/mol. The van der Waals surface area contributed by atoms with Crippen LogP contribution in [0.2, 0.25) is 0 Å². The van der Waals surface area contributed by atoms with E-state index in [1.807, 2.05) is 6.07 Å². The first-order valence-electron chi connectivity index (χ1n) is 2.83. The smallest absolute Gasteiger partial charge is 0.195 e.